The molecule has 4 aromatic carbocycles. The van der Waals surface area contributed by atoms with Crippen LogP contribution in [0.15, 0.2) is 115 Å². The van der Waals surface area contributed by atoms with Crippen molar-refractivity contribution in [3.05, 3.63) is 137 Å². The molecule has 0 aliphatic carbocycles. The number of halogens is 1. The second-order valence-electron chi connectivity index (χ2n) is 8.99. The number of hydrogen-bond acceptors (Lipinski definition) is 2. The molecule has 0 spiro atoms. The smallest absolute Gasteiger partial charge is 0.319 e. The van der Waals surface area contributed by atoms with Gasteiger partial charge in [-0.2, -0.15) is 0 Å². The van der Waals surface area contributed by atoms with Gasteiger partial charge in [0.1, 0.15) is 0 Å². The number of fused-ring (bicyclic) bond motifs is 1. The van der Waals surface area contributed by atoms with E-state index in [1.54, 1.807) is 24.3 Å². The Morgan fingerprint density at radius 3 is 1.95 bits per heavy atom. The lowest BCUT2D eigenvalue weighted by Gasteiger charge is -2.30. The Bertz CT molecular complexity index is 1520. The number of nitrogens with one attached hydrogen (secondary N) is 4. The minimum atomic E-state index is -0.544. The van der Waals surface area contributed by atoms with Gasteiger partial charge < -0.3 is 20.9 Å². The molecule has 0 radical (unpaired) electrons. The fraction of sp³-hybridized carbons (Fsp3) is 0.0968. The maximum atomic E-state index is 13.4. The van der Waals surface area contributed by atoms with Crippen LogP contribution in [0.5, 0.6) is 0 Å². The van der Waals surface area contributed by atoms with Crippen molar-refractivity contribution < 1.29 is 9.59 Å². The Morgan fingerprint density at radius 1 is 0.711 bits per heavy atom. The summed E-state index contributed by atoms with van der Waals surface area (Å²) in [6, 6.07) is 32.6. The van der Waals surface area contributed by atoms with Crippen molar-refractivity contribution >= 4 is 40.1 Å². The molecule has 190 valence electrons. The number of amides is 3. The molecule has 0 fully saturated rings. The predicted octanol–water partition coefficient (Wildman–Crippen LogP) is 6.78. The van der Waals surface area contributed by atoms with Crippen LogP contribution < -0.4 is 16.0 Å². The van der Waals surface area contributed by atoms with Crippen LogP contribution >= 0.6 is 11.6 Å². The van der Waals surface area contributed by atoms with E-state index in [2.05, 4.69) is 20.9 Å². The number of aromatic nitrogens is 1. The Kier molecular flexibility index (Phi) is 7.71. The van der Waals surface area contributed by atoms with Crippen molar-refractivity contribution in [3.63, 3.8) is 0 Å². The molecule has 1 aromatic heterocycles. The summed E-state index contributed by atoms with van der Waals surface area (Å²) in [6.07, 6.45) is 2.07. The Labute approximate surface area is 226 Å². The zero-order chi connectivity index (χ0) is 26.3. The van der Waals surface area contributed by atoms with Crippen LogP contribution in [0.2, 0.25) is 5.02 Å². The normalized spacial score (nSPS) is 12.4. The average Bonchev–Trinajstić information content (AvgIpc) is 3.35. The van der Waals surface area contributed by atoms with Crippen LogP contribution in [0.3, 0.4) is 0 Å². The highest BCUT2D eigenvalue weighted by atomic mass is 35.5. The summed E-state index contributed by atoms with van der Waals surface area (Å²) in [7, 11) is 0. The van der Waals surface area contributed by atoms with Crippen LogP contribution in [0.1, 0.15) is 28.8 Å². The Hall–Kier alpha value is -4.55. The molecule has 5 aromatic rings. The summed E-state index contributed by atoms with van der Waals surface area (Å²) < 4.78 is 0. The van der Waals surface area contributed by atoms with Gasteiger partial charge in [0, 0.05) is 27.8 Å². The van der Waals surface area contributed by atoms with Crippen LogP contribution in [-0.4, -0.2) is 16.9 Å². The summed E-state index contributed by atoms with van der Waals surface area (Å²) >= 11 is 5.98. The van der Waals surface area contributed by atoms with E-state index in [1.165, 1.54) is 0 Å². The van der Waals surface area contributed by atoms with E-state index in [9.17, 15) is 9.59 Å². The van der Waals surface area contributed by atoms with Gasteiger partial charge in [-0.25, -0.2) is 4.79 Å². The van der Waals surface area contributed by atoms with Crippen LogP contribution in [0, 0.1) is 0 Å². The molecule has 7 heteroatoms. The number of carbonyl (C=O) groups is 2. The first kappa shape index (κ1) is 25.1. The van der Waals surface area contributed by atoms with Gasteiger partial charge in [-0.1, -0.05) is 90.5 Å². The third kappa shape index (κ3) is 6.05. The van der Waals surface area contributed by atoms with Crippen molar-refractivity contribution in [2.24, 2.45) is 0 Å². The molecule has 2 atom stereocenters. The molecule has 0 aliphatic rings. The fourth-order valence-corrected chi connectivity index (χ4v) is 4.68. The Balaban J connectivity index is 1.43. The number of H-pyrrole nitrogens is 1. The third-order valence-corrected chi connectivity index (χ3v) is 6.63. The summed E-state index contributed by atoms with van der Waals surface area (Å²) in [4.78, 5) is 29.8. The molecule has 3 amide bonds. The zero-order valence-electron chi connectivity index (χ0n) is 20.5. The summed E-state index contributed by atoms with van der Waals surface area (Å²) in [5.74, 6) is -0.149. The fourth-order valence-electron chi connectivity index (χ4n) is 4.56. The van der Waals surface area contributed by atoms with E-state index >= 15 is 0 Å². The summed E-state index contributed by atoms with van der Waals surface area (Å²) in [5, 5.41) is 10.7. The number of aromatic amines is 1. The van der Waals surface area contributed by atoms with Crippen LogP contribution in [-0.2, 0) is 11.2 Å². The number of rotatable bonds is 8. The van der Waals surface area contributed by atoms with Crippen LogP contribution in [0.25, 0.3) is 10.9 Å². The number of para-hydroxylation sites is 1. The molecule has 1 heterocycles. The Morgan fingerprint density at radius 2 is 1.29 bits per heavy atom. The molecule has 38 heavy (non-hydrogen) atoms. The lowest BCUT2D eigenvalue weighted by Crippen LogP contribution is -2.42. The molecule has 0 unspecified atom stereocenters. The van der Waals surface area contributed by atoms with E-state index in [1.807, 2.05) is 91.1 Å². The first-order valence-corrected chi connectivity index (χ1v) is 12.7. The highest BCUT2D eigenvalue weighted by molar-refractivity contribution is 6.30. The molecule has 5 rings (SSSR count). The standard InChI is InChI=1S/C31H27ClN4O2/c32-24-15-17-25(18-16-24)34-31(38)36-30(22-11-5-2-6-12-22)29(21-9-3-1-4-10-21)35-28(37)19-23-20-33-27-14-8-7-13-26(23)27/h1-18,20,29-30,33H,19H2,(H,35,37)(H2,34,36,38)/t29-,30-/m0/s1. The maximum absolute atomic E-state index is 13.4. The highest BCUT2D eigenvalue weighted by Gasteiger charge is 2.28. The summed E-state index contributed by atoms with van der Waals surface area (Å²) in [6.45, 7) is 0. The second-order valence-corrected chi connectivity index (χ2v) is 9.42. The topological polar surface area (TPSA) is 86.0 Å². The zero-order valence-corrected chi connectivity index (χ0v) is 21.3. The van der Waals surface area contributed by atoms with Gasteiger partial charge in [0.05, 0.1) is 18.5 Å². The number of carbonyl (C=O) groups excluding carboxylic acids is 2. The number of anilines is 1. The predicted molar refractivity (Wildman–Crippen MR) is 152 cm³/mol. The SMILES string of the molecule is O=C(Cc1c[nH]c2ccccc12)N[C@@H](c1ccccc1)[C@@H](NC(=O)Nc1ccc(Cl)cc1)c1ccccc1. The molecule has 0 bridgehead atoms. The van der Waals surface area contributed by atoms with Gasteiger partial charge >= 0.3 is 6.03 Å². The van der Waals surface area contributed by atoms with Crippen molar-refractivity contribution in [1.82, 2.24) is 15.6 Å². The van der Waals surface area contributed by atoms with Gasteiger partial charge in [0.15, 0.2) is 0 Å². The van der Waals surface area contributed by atoms with Crippen molar-refractivity contribution in [2.75, 3.05) is 5.32 Å². The highest BCUT2D eigenvalue weighted by Crippen LogP contribution is 2.30. The number of hydrogen-bond donors (Lipinski definition) is 4. The van der Waals surface area contributed by atoms with Crippen molar-refractivity contribution in [2.45, 2.75) is 18.5 Å². The van der Waals surface area contributed by atoms with Gasteiger partial charge in [0.25, 0.3) is 0 Å². The first-order chi connectivity index (χ1) is 18.6. The second kappa shape index (κ2) is 11.7. The van der Waals surface area contributed by atoms with Gasteiger partial charge in [-0.15, -0.1) is 0 Å². The van der Waals surface area contributed by atoms with Gasteiger partial charge in [-0.05, 0) is 47.0 Å². The molecular weight excluding hydrogens is 496 g/mol. The average molecular weight is 523 g/mol. The lowest BCUT2D eigenvalue weighted by molar-refractivity contribution is -0.121. The van der Waals surface area contributed by atoms with Crippen molar-refractivity contribution in [3.8, 4) is 0 Å². The van der Waals surface area contributed by atoms with Crippen LogP contribution in [0.4, 0.5) is 10.5 Å². The molecule has 4 N–H and O–H groups in total. The first-order valence-electron chi connectivity index (χ1n) is 12.3. The quantitative estimate of drug-likeness (QED) is 0.181. The molecule has 0 saturated carbocycles. The minimum absolute atomic E-state index is 0.149. The minimum Gasteiger partial charge on any atom is -0.361 e. The largest absolute Gasteiger partial charge is 0.361 e. The van der Waals surface area contributed by atoms with E-state index in [0.717, 1.165) is 27.6 Å². The van der Waals surface area contributed by atoms with E-state index in [-0.39, 0.29) is 12.3 Å². The molecular formula is C31H27ClN4O2. The van der Waals surface area contributed by atoms with E-state index in [0.29, 0.717) is 10.7 Å². The van der Waals surface area contributed by atoms with Gasteiger partial charge in [-0.3, -0.25) is 4.79 Å². The number of urea groups is 1. The molecule has 0 aliphatic heterocycles. The third-order valence-electron chi connectivity index (χ3n) is 6.38. The van der Waals surface area contributed by atoms with Gasteiger partial charge in [0.2, 0.25) is 5.91 Å². The lowest BCUT2D eigenvalue weighted by atomic mass is 9.93. The molecule has 6 nitrogen and oxygen atoms in total. The number of benzene rings is 4. The van der Waals surface area contributed by atoms with E-state index in [4.69, 9.17) is 11.6 Å². The monoisotopic (exact) mass is 522 g/mol. The van der Waals surface area contributed by atoms with Crippen molar-refractivity contribution in [1.29, 1.82) is 0 Å². The van der Waals surface area contributed by atoms with E-state index < -0.39 is 18.1 Å². The maximum Gasteiger partial charge on any atom is 0.319 e. The summed E-state index contributed by atoms with van der Waals surface area (Å²) in [5.41, 5.74) is 4.24. The molecule has 0 saturated heterocycles.